The zero-order valence-corrected chi connectivity index (χ0v) is 13.0. The third kappa shape index (κ3) is 4.81. The molecular weight excluding hydrogens is 294 g/mol. The molecule has 0 spiro atoms. The molecule has 0 unspecified atom stereocenters. The normalized spacial score (nSPS) is 10.4. The molecule has 3 N–H and O–H groups in total. The van der Waals surface area contributed by atoms with E-state index >= 15 is 0 Å². The number of nitrogens with zero attached hydrogens (tertiary/aromatic N) is 1. The molecule has 0 saturated heterocycles. The van der Waals surface area contributed by atoms with Crippen LogP contribution in [0.25, 0.3) is 0 Å². The molecule has 0 aliphatic rings. The van der Waals surface area contributed by atoms with Crippen LogP contribution in [0.1, 0.15) is 29.8 Å². The lowest BCUT2D eigenvalue weighted by Gasteiger charge is -2.09. The second-order valence-electron chi connectivity index (χ2n) is 5.43. The van der Waals surface area contributed by atoms with Crippen LogP contribution < -0.4 is 10.6 Å². The molecule has 0 atom stereocenters. The molecule has 0 bridgehead atoms. The minimum atomic E-state index is -0.282. The van der Waals surface area contributed by atoms with Crippen molar-refractivity contribution in [3.8, 4) is 5.75 Å². The minimum absolute atomic E-state index is 0.152. The van der Waals surface area contributed by atoms with Crippen LogP contribution in [0.2, 0.25) is 0 Å². The third-order valence-electron chi connectivity index (χ3n) is 3.16. The van der Waals surface area contributed by atoms with Crippen LogP contribution in [-0.2, 0) is 11.3 Å². The Hall–Kier alpha value is -2.89. The summed E-state index contributed by atoms with van der Waals surface area (Å²) < 4.78 is 0. The van der Waals surface area contributed by atoms with E-state index in [1.54, 1.807) is 44.2 Å². The molecular formula is C17H19N3O3. The van der Waals surface area contributed by atoms with E-state index in [0.717, 1.165) is 5.56 Å². The molecule has 0 saturated carbocycles. The SMILES string of the molecule is CC(C)C(=O)Nc1cc(C(=O)NCc2cccc(O)c2)ccn1. The van der Waals surface area contributed by atoms with Gasteiger partial charge in [-0.05, 0) is 29.8 Å². The van der Waals surface area contributed by atoms with E-state index in [4.69, 9.17) is 0 Å². The van der Waals surface area contributed by atoms with Gasteiger partial charge in [-0.15, -0.1) is 0 Å². The average molecular weight is 313 g/mol. The predicted octanol–water partition coefficient (Wildman–Crippen LogP) is 2.31. The first-order valence-corrected chi connectivity index (χ1v) is 7.28. The van der Waals surface area contributed by atoms with Crippen molar-refractivity contribution >= 4 is 17.6 Å². The van der Waals surface area contributed by atoms with E-state index in [1.807, 2.05) is 0 Å². The minimum Gasteiger partial charge on any atom is -0.508 e. The summed E-state index contributed by atoms with van der Waals surface area (Å²) in [4.78, 5) is 27.9. The summed E-state index contributed by atoms with van der Waals surface area (Å²) in [6.07, 6.45) is 1.47. The van der Waals surface area contributed by atoms with Gasteiger partial charge in [-0.2, -0.15) is 0 Å². The van der Waals surface area contributed by atoms with Gasteiger partial charge in [0.15, 0.2) is 0 Å². The van der Waals surface area contributed by atoms with Crippen LogP contribution in [0.15, 0.2) is 42.6 Å². The van der Waals surface area contributed by atoms with Crippen molar-refractivity contribution in [2.24, 2.45) is 5.92 Å². The summed E-state index contributed by atoms with van der Waals surface area (Å²) in [5.41, 5.74) is 1.19. The Kier molecular flexibility index (Phi) is 5.30. The maximum atomic E-state index is 12.2. The third-order valence-corrected chi connectivity index (χ3v) is 3.16. The molecule has 2 aromatic rings. The summed E-state index contributed by atoms with van der Waals surface area (Å²) in [6, 6.07) is 9.77. The fourth-order valence-electron chi connectivity index (χ4n) is 1.86. The standard InChI is InChI=1S/C17H19N3O3/c1-11(2)16(22)20-15-9-13(6-7-18-15)17(23)19-10-12-4-3-5-14(21)8-12/h3-9,11,21H,10H2,1-2H3,(H,19,23)(H,18,20,22). The molecule has 0 aliphatic carbocycles. The van der Waals surface area contributed by atoms with E-state index in [0.29, 0.717) is 17.9 Å². The number of aromatic nitrogens is 1. The van der Waals surface area contributed by atoms with Crippen molar-refractivity contribution in [3.63, 3.8) is 0 Å². The topological polar surface area (TPSA) is 91.3 Å². The van der Waals surface area contributed by atoms with Gasteiger partial charge in [0.25, 0.3) is 5.91 Å². The summed E-state index contributed by atoms with van der Waals surface area (Å²) in [5, 5.41) is 14.8. The number of hydrogen-bond donors (Lipinski definition) is 3. The van der Waals surface area contributed by atoms with Gasteiger partial charge >= 0.3 is 0 Å². The van der Waals surface area contributed by atoms with Gasteiger partial charge in [0.2, 0.25) is 5.91 Å². The van der Waals surface area contributed by atoms with Gasteiger partial charge in [0, 0.05) is 24.2 Å². The van der Waals surface area contributed by atoms with E-state index in [-0.39, 0.29) is 23.5 Å². The van der Waals surface area contributed by atoms with Crippen molar-refractivity contribution in [1.82, 2.24) is 10.3 Å². The number of aromatic hydroxyl groups is 1. The molecule has 1 heterocycles. The second-order valence-corrected chi connectivity index (χ2v) is 5.43. The Morgan fingerprint density at radius 2 is 2.00 bits per heavy atom. The number of phenols is 1. The first-order valence-electron chi connectivity index (χ1n) is 7.28. The number of anilines is 1. The van der Waals surface area contributed by atoms with E-state index < -0.39 is 0 Å². The van der Waals surface area contributed by atoms with E-state index in [1.165, 1.54) is 12.3 Å². The lowest BCUT2D eigenvalue weighted by atomic mass is 10.2. The fraction of sp³-hybridized carbons (Fsp3) is 0.235. The summed E-state index contributed by atoms with van der Waals surface area (Å²) in [6.45, 7) is 3.85. The molecule has 1 aromatic carbocycles. The average Bonchev–Trinajstić information content (AvgIpc) is 2.53. The molecule has 1 aromatic heterocycles. The van der Waals surface area contributed by atoms with Gasteiger partial charge in [-0.1, -0.05) is 26.0 Å². The largest absolute Gasteiger partial charge is 0.508 e. The van der Waals surface area contributed by atoms with E-state index in [2.05, 4.69) is 15.6 Å². The Labute approximate surface area is 134 Å². The molecule has 6 heteroatoms. The highest BCUT2D eigenvalue weighted by atomic mass is 16.3. The summed E-state index contributed by atoms with van der Waals surface area (Å²) >= 11 is 0. The molecule has 120 valence electrons. The first kappa shape index (κ1) is 16.5. The van der Waals surface area contributed by atoms with Crippen molar-refractivity contribution in [2.45, 2.75) is 20.4 Å². The summed E-state index contributed by atoms with van der Waals surface area (Å²) in [7, 11) is 0. The van der Waals surface area contributed by atoms with Crippen LogP contribution in [-0.4, -0.2) is 21.9 Å². The van der Waals surface area contributed by atoms with Crippen molar-refractivity contribution in [3.05, 3.63) is 53.7 Å². The Bertz CT molecular complexity index is 714. The number of phenolic OH excluding ortho intramolecular Hbond substituents is 1. The van der Waals surface area contributed by atoms with Gasteiger partial charge in [-0.3, -0.25) is 9.59 Å². The van der Waals surface area contributed by atoms with Crippen LogP contribution >= 0.6 is 0 Å². The lowest BCUT2D eigenvalue weighted by Crippen LogP contribution is -2.23. The number of amides is 2. The second kappa shape index (κ2) is 7.40. The monoisotopic (exact) mass is 313 g/mol. The predicted molar refractivity (Wildman–Crippen MR) is 87.0 cm³/mol. The molecule has 0 radical (unpaired) electrons. The molecule has 0 fully saturated rings. The van der Waals surface area contributed by atoms with Crippen molar-refractivity contribution in [1.29, 1.82) is 0 Å². The van der Waals surface area contributed by atoms with Crippen LogP contribution in [0.3, 0.4) is 0 Å². The van der Waals surface area contributed by atoms with Crippen LogP contribution in [0, 0.1) is 5.92 Å². The zero-order chi connectivity index (χ0) is 16.8. The quantitative estimate of drug-likeness (QED) is 0.790. The van der Waals surface area contributed by atoms with Crippen molar-refractivity contribution < 1.29 is 14.7 Å². The Balaban J connectivity index is 2.00. The first-order chi connectivity index (χ1) is 11.0. The lowest BCUT2D eigenvalue weighted by molar-refractivity contribution is -0.118. The Morgan fingerprint density at radius 1 is 1.22 bits per heavy atom. The van der Waals surface area contributed by atoms with Gasteiger partial charge < -0.3 is 15.7 Å². The number of rotatable bonds is 5. The molecule has 2 amide bonds. The van der Waals surface area contributed by atoms with E-state index in [9.17, 15) is 14.7 Å². The number of hydrogen-bond acceptors (Lipinski definition) is 4. The number of carbonyl (C=O) groups excluding carboxylic acids is 2. The van der Waals surface area contributed by atoms with Gasteiger partial charge in [0.05, 0.1) is 0 Å². The molecule has 0 aliphatic heterocycles. The molecule has 23 heavy (non-hydrogen) atoms. The molecule has 2 rings (SSSR count). The number of benzene rings is 1. The summed E-state index contributed by atoms with van der Waals surface area (Å²) in [5.74, 6) is -0.112. The van der Waals surface area contributed by atoms with Crippen molar-refractivity contribution in [2.75, 3.05) is 5.32 Å². The van der Waals surface area contributed by atoms with Gasteiger partial charge in [-0.25, -0.2) is 4.98 Å². The van der Waals surface area contributed by atoms with Gasteiger partial charge in [0.1, 0.15) is 11.6 Å². The number of nitrogens with one attached hydrogen (secondary N) is 2. The van der Waals surface area contributed by atoms with Crippen LogP contribution in [0.5, 0.6) is 5.75 Å². The number of carbonyl (C=O) groups is 2. The fourth-order valence-corrected chi connectivity index (χ4v) is 1.86. The maximum Gasteiger partial charge on any atom is 0.251 e. The highest BCUT2D eigenvalue weighted by Crippen LogP contribution is 2.12. The number of pyridine rings is 1. The zero-order valence-electron chi connectivity index (χ0n) is 13.0. The Morgan fingerprint density at radius 3 is 2.70 bits per heavy atom. The molecule has 6 nitrogen and oxygen atoms in total. The van der Waals surface area contributed by atoms with Crippen LogP contribution in [0.4, 0.5) is 5.82 Å². The smallest absolute Gasteiger partial charge is 0.251 e. The highest BCUT2D eigenvalue weighted by Gasteiger charge is 2.11. The highest BCUT2D eigenvalue weighted by molar-refractivity contribution is 5.96. The maximum absolute atomic E-state index is 12.2.